The third kappa shape index (κ3) is 2.11. The van der Waals surface area contributed by atoms with Crippen molar-refractivity contribution in [1.29, 1.82) is 0 Å². The number of aryl methyl sites for hydroxylation is 1. The third-order valence-corrected chi connectivity index (χ3v) is 3.21. The number of rotatable bonds is 3. The Labute approximate surface area is 102 Å². The number of methoxy groups -OCH3 is 1. The molecule has 0 spiro atoms. The number of hydrogen-bond acceptors (Lipinski definition) is 3. The second kappa shape index (κ2) is 4.72. The molecule has 0 radical (unpaired) electrons. The molecule has 0 bridgehead atoms. The number of anilines is 1. The van der Waals surface area contributed by atoms with Gasteiger partial charge in [-0.25, -0.2) is 0 Å². The molecule has 0 saturated carbocycles. The summed E-state index contributed by atoms with van der Waals surface area (Å²) < 4.78 is 5.12. The Morgan fingerprint density at radius 3 is 2.76 bits per heavy atom. The summed E-state index contributed by atoms with van der Waals surface area (Å²) in [6, 6.07) is 6.14. The average Bonchev–Trinajstić information content (AvgIpc) is 2.34. The van der Waals surface area contributed by atoms with Gasteiger partial charge in [0, 0.05) is 23.9 Å². The first-order valence-electron chi connectivity index (χ1n) is 5.78. The van der Waals surface area contributed by atoms with Gasteiger partial charge in [-0.05, 0) is 31.4 Å². The second-order valence-electron chi connectivity index (χ2n) is 4.29. The van der Waals surface area contributed by atoms with E-state index >= 15 is 0 Å². The predicted molar refractivity (Wildman–Crippen MR) is 71.2 cm³/mol. The summed E-state index contributed by atoms with van der Waals surface area (Å²) in [5.74, 6) is 0. The van der Waals surface area contributed by atoms with Gasteiger partial charge in [0.1, 0.15) is 0 Å². The van der Waals surface area contributed by atoms with Gasteiger partial charge in [-0.1, -0.05) is 18.2 Å². The van der Waals surface area contributed by atoms with Crippen LogP contribution in [0.1, 0.15) is 16.8 Å². The van der Waals surface area contributed by atoms with Crippen LogP contribution < -0.4 is 5.73 Å². The molecule has 2 N–H and O–H groups in total. The maximum atomic E-state index is 6.15. The van der Waals surface area contributed by atoms with E-state index in [-0.39, 0.29) is 0 Å². The Bertz CT molecular complexity index is 549. The van der Waals surface area contributed by atoms with E-state index in [9.17, 15) is 0 Å². The summed E-state index contributed by atoms with van der Waals surface area (Å²) >= 11 is 0. The molecule has 1 aromatic heterocycles. The van der Waals surface area contributed by atoms with Crippen LogP contribution in [0, 0.1) is 13.8 Å². The van der Waals surface area contributed by atoms with Crippen molar-refractivity contribution < 1.29 is 4.74 Å². The molecule has 0 atom stereocenters. The number of nitrogens with zero attached hydrogens (tertiary/aromatic N) is 1. The van der Waals surface area contributed by atoms with Crippen molar-refractivity contribution in [2.24, 2.45) is 0 Å². The normalized spacial score (nSPS) is 11.0. The zero-order chi connectivity index (χ0) is 12.4. The van der Waals surface area contributed by atoms with Gasteiger partial charge >= 0.3 is 0 Å². The number of para-hydroxylation sites is 1. The number of benzene rings is 1. The summed E-state index contributed by atoms with van der Waals surface area (Å²) in [6.45, 7) is 4.71. The number of pyridine rings is 1. The number of hydrogen-bond donors (Lipinski definition) is 1. The molecule has 17 heavy (non-hydrogen) atoms. The molecule has 0 fully saturated rings. The van der Waals surface area contributed by atoms with E-state index in [1.807, 2.05) is 26.0 Å². The van der Waals surface area contributed by atoms with Crippen LogP contribution >= 0.6 is 0 Å². The lowest BCUT2D eigenvalue weighted by Gasteiger charge is -2.11. The quantitative estimate of drug-likeness (QED) is 0.881. The Hall–Kier alpha value is -1.61. The molecule has 0 aliphatic heterocycles. The second-order valence-corrected chi connectivity index (χ2v) is 4.29. The molecule has 3 heteroatoms. The zero-order valence-electron chi connectivity index (χ0n) is 10.6. The van der Waals surface area contributed by atoms with Gasteiger partial charge in [0.15, 0.2) is 0 Å². The number of nitrogens with two attached hydrogens (primary N) is 1. The van der Waals surface area contributed by atoms with E-state index in [4.69, 9.17) is 10.5 Å². The fraction of sp³-hybridized carbons (Fsp3) is 0.357. The fourth-order valence-corrected chi connectivity index (χ4v) is 2.00. The lowest BCUT2D eigenvalue weighted by molar-refractivity contribution is 0.202. The van der Waals surface area contributed by atoms with Gasteiger partial charge in [-0.2, -0.15) is 0 Å². The van der Waals surface area contributed by atoms with Crippen LogP contribution in [0.3, 0.4) is 0 Å². The summed E-state index contributed by atoms with van der Waals surface area (Å²) in [7, 11) is 1.71. The summed E-state index contributed by atoms with van der Waals surface area (Å²) in [5.41, 5.74) is 11.3. The van der Waals surface area contributed by atoms with Crippen LogP contribution in [0.2, 0.25) is 0 Å². The van der Waals surface area contributed by atoms with E-state index < -0.39 is 0 Å². The number of aromatic nitrogens is 1. The molecule has 0 aliphatic rings. The van der Waals surface area contributed by atoms with E-state index in [1.54, 1.807) is 7.11 Å². The standard InChI is InChI=1S/C14H18N2O/c1-9-10(2)16-14-11(7-8-17-3)5-4-6-12(14)13(9)15/h4-6H,7-8H2,1-3H3,(H2,15,16). The molecule has 90 valence electrons. The van der Waals surface area contributed by atoms with Gasteiger partial charge in [0.25, 0.3) is 0 Å². The first-order chi connectivity index (χ1) is 8.15. The minimum atomic E-state index is 0.702. The van der Waals surface area contributed by atoms with Crippen molar-refractivity contribution in [3.63, 3.8) is 0 Å². The first-order valence-corrected chi connectivity index (χ1v) is 5.78. The van der Waals surface area contributed by atoms with Crippen molar-refractivity contribution in [3.05, 3.63) is 35.0 Å². The summed E-state index contributed by atoms with van der Waals surface area (Å²) in [6.07, 6.45) is 0.864. The number of fused-ring (bicyclic) bond motifs is 1. The van der Waals surface area contributed by atoms with Crippen LogP contribution in [0.4, 0.5) is 5.69 Å². The van der Waals surface area contributed by atoms with Gasteiger partial charge in [0.05, 0.1) is 12.1 Å². The molecule has 0 saturated heterocycles. The van der Waals surface area contributed by atoms with Gasteiger partial charge < -0.3 is 10.5 Å². The molecule has 0 amide bonds. The topological polar surface area (TPSA) is 48.1 Å². The Kier molecular flexibility index (Phi) is 3.29. The largest absolute Gasteiger partial charge is 0.398 e. The highest BCUT2D eigenvalue weighted by Crippen LogP contribution is 2.27. The lowest BCUT2D eigenvalue weighted by atomic mass is 10.0. The van der Waals surface area contributed by atoms with E-state index in [0.29, 0.717) is 6.61 Å². The summed E-state index contributed by atoms with van der Waals surface area (Å²) in [5, 5.41) is 1.04. The molecule has 2 rings (SSSR count). The molecule has 0 aliphatic carbocycles. The zero-order valence-corrected chi connectivity index (χ0v) is 10.6. The third-order valence-electron chi connectivity index (χ3n) is 3.21. The lowest BCUT2D eigenvalue weighted by Crippen LogP contribution is -2.01. The smallest absolute Gasteiger partial charge is 0.0758 e. The monoisotopic (exact) mass is 230 g/mol. The number of nitrogen functional groups attached to an aromatic ring is 1. The van der Waals surface area contributed by atoms with Gasteiger partial charge in [0.2, 0.25) is 0 Å². The van der Waals surface area contributed by atoms with Crippen molar-refractivity contribution >= 4 is 16.6 Å². The van der Waals surface area contributed by atoms with Crippen molar-refractivity contribution in [3.8, 4) is 0 Å². The van der Waals surface area contributed by atoms with E-state index in [2.05, 4.69) is 11.1 Å². The van der Waals surface area contributed by atoms with Gasteiger partial charge in [-0.3, -0.25) is 4.98 Å². The Morgan fingerprint density at radius 2 is 2.06 bits per heavy atom. The predicted octanol–water partition coefficient (Wildman–Crippen LogP) is 2.62. The Balaban J connectivity index is 2.64. The molecule has 3 nitrogen and oxygen atoms in total. The maximum Gasteiger partial charge on any atom is 0.0758 e. The molecule has 1 aromatic carbocycles. The summed E-state index contributed by atoms with van der Waals surface area (Å²) in [4.78, 5) is 4.65. The molecule has 2 aromatic rings. The van der Waals surface area contributed by atoms with Crippen molar-refractivity contribution in [2.75, 3.05) is 19.5 Å². The highest BCUT2D eigenvalue weighted by molar-refractivity contribution is 5.93. The highest BCUT2D eigenvalue weighted by atomic mass is 16.5. The van der Waals surface area contributed by atoms with E-state index in [0.717, 1.165) is 34.3 Å². The van der Waals surface area contributed by atoms with E-state index in [1.165, 1.54) is 5.56 Å². The molecular weight excluding hydrogens is 212 g/mol. The van der Waals surface area contributed by atoms with Crippen LogP contribution in [-0.4, -0.2) is 18.7 Å². The van der Waals surface area contributed by atoms with Crippen LogP contribution in [0.25, 0.3) is 10.9 Å². The minimum Gasteiger partial charge on any atom is -0.398 e. The van der Waals surface area contributed by atoms with Crippen LogP contribution in [0.15, 0.2) is 18.2 Å². The van der Waals surface area contributed by atoms with Gasteiger partial charge in [-0.15, -0.1) is 0 Å². The minimum absolute atomic E-state index is 0.702. The maximum absolute atomic E-state index is 6.15. The fourth-order valence-electron chi connectivity index (χ4n) is 2.00. The first kappa shape index (κ1) is 11.9. The van der Waals surface area contributed by atoms with Crippen LogP contribution in [0.5, 0.6) is 0 Å². The Morgan fingerprint density at radius 1 is 1.29 bits per heavy atom. The SMILES string of the molecule is COCCc1cccc2c(N)c(C)c(C)nc12. The molecular formula is C14H18N2O. The highest BCUT2D eigenvalue weighted by Gasteiger charge is 2.09. The van der Waals surface area contributed by atoms with Crippen LogP contribution in [-0.2, 0) is 11.2 Å². The van der Waals surface area contributed by atoms with Crippen molar-refractivity contribution in [1.82, 2.24) is 4.98 Å². The average molecular weight is 230 g/mol. The number of ether oxygens (including phenoxy) is 1. The molecule has 0 unspecified atom stereocenters. The molecule has 1 heterocycles. The van der Waals surface area contributed by atoms with Crippen molar-refractivity contribution in [2.45, 2.75) is 20.3 Å².